The van der Waals surface area contributed by atoms with Gasteiger partial charge in [0.2, 0.25) is 0 Å². The Hall–Kier alpha value is -1.54. The molecular formula is C15H24O7. The van der Waals surface area contributed by atoms with Crippen LogP contribution in [0.5, 0.6) is 0 Å². The molecule has 4 unspecified atom stereocenters. The summed E-state index contributed by atoms with van der Waals surface area (Å²) < 4.78 is 5.03. The molecule has 0 heterocycles. The van der Waals surface area contributed by atoms with E-state index in [2.05, 4.69) is 13.2 Å². The van der Waals surface area contributed by atoms with Crippen LogP contribution in [0.25, 0.3) is 0 Å². The molecule has 0 bridgehead atoms. The topological polar surface area (TPSA) is 124 Å². The number of allylic oxidation sites excluding steroid dienone is 1. The lowest BCUT2D eigenvalue weighted by atomic mass is 9.86. The van der Waals surface area contributed by atoms with E-state index in [0.717, 1.165) is 0 Å². The van der Waals surface area contributed by atoms with E-state index in [0.29, 0.717) is 0 Å². The van der Waals surface area contributed by atoms with Crippen LogP contribution in [-0.2, 0) is 14.3 Å². The summed E-state index contributed by atoms with van der Waals surface area (Å²) in [5.41, 5.74) is 0.275. The first-order valence-corrected chi connectivity index (χ1v) is 6.78. The molecular weight excluding hydrogens is 292 g/mol. The minimum Gasteiger partial charge on any atom is -0.456 e. The van der Waals surface area contributed by atoms with Gasteiger partial charge in [0.15, 0.2) is 5.78 Å². The Kier molecular flexibility index (Phi) is 8.81. The molecule has 0 spiro atoms. The van der Waals surface area contributed by atoms with Gasteiger partial charge < -0.3 is 25.2 Å². The highest BCUT2D eigenvalue weighted by atomic mass is 16.6. The summed E-state index contributed by atoms with van der Waals surface area (Å²) in [5.74, 6) is -2.35. The van der Waals surface area contributed by atoms with Crippen LogP contribution in [0.4, 0.5) is 0 Å². The number of aliphatic hydroxyl groups excluding tert-OH is 4. The van der Waals surface area contributed by atoms with Crippen LogP contribution in [-0.4, -0.2) is 63.7 Å². The van der Waals surface area contributed by atoms with Crippen molar-refractivity contribution in [1.29, 1.82) is 0 Å². The molecule has 7 heteroatoms. The van der Waals surface area contributed by atoms with Crippen LogP contribution in [0.1, 0.15) is 20.3 Å². The van der Waals surface area contributed by atoms with Gasteiger partial charge in [0.1, 0.15) is 12.2 Å². The lowest BCUT2D eigenvalue weighted by Crippen LogP contribution is -2.46. The number of ketones is 1. The first-order chi connectivity index (χ1) is 10.1. The summed E-state index contributed by atoms with van der Waals surface area (Å²) in [5, 5.41) is 37.9. The molecule has 0 fully saturated rings. The molecule has 4 N–H and O–H groups in total. The predicted octanol–water partition coefficient (Wildman–Crippen LogP) is -0.668. The maximum atomic E-state index is 11.8. The molecule has 0 rings (SSSR count). The van der Waals surface area contributed by atoms with Gasteiger partial charge in [-0.15, -0.1) is 0 Å². The van der Waals surface area contributed by atoms with Crippen molar-refractivity contribution in [1.82, 2.24) is 0 Å². The number of ether oxygens (including phenoxy) is 1. The first kappa shape index (κ1) is 20.5. The van der Waals surface area contributed by atoms with Crippen LogP contribution in [0, 0.1) is 5.92 Å². The van der Waals surface area contributed by atoms with Crippen molar-refractivity contribution < 1.29 is 34.8 Å². The predicted molar refractivity (Wildman–Crippen MR) is 78.8 cm³/mol. The zero-order valence-electron chi connectivity index (χ0n) is 12.9. The molecule has 0 aliphatic heterocycles. The molecule has 4 atom stereocenters. The van der Waals surface area contributed by atoms with Gasteiger partial charge in [0, 0.05) is 17.9 Å². The van der Waals surface area contributed by atoms with Crippen molar-refractivity contribution >= 4 is 11.8 Å². The summed E-state index contributed by atoms with van der Waals surface area (Å²) in [6, 6.07) is 0. The SMILES string of the molecule is C=C(C)C(=O)CC(C(O)CO)C(OC(=O)C(=C)C)C(O)CO. The number of Topliss-reactive ketones (excluding diaryl/α,β-unsaturated/α-hetero) is 1. The Morgan fingerprint density at radius 1 is 1.00 bits per heavy atom. The third-order valence-corrected chi connectivity index (χ3v) is 3.16. The Morgan fingerprint density at radius 2 is 1.50 bits per heavy atom. The standard InChI is InChI=1S/C15H24O7/c1-8(2)11(18)5-10(12(19)6-16)14(13(20)7-17)22-15(21)9(3)4/h10,12-14,16-17,19-20H,1,3,5-7H2,2,4H3. The van der Waals surface area contributed by atoms with E-state index in [-0.39, 0.29) is 17.6 Å². The van der Waals surface area contributed by atoms with E-state index in [4.69, 9.17) is 14.9 Å². The molecule has 126 valence electrons. The molecule has 0 saturated heterocycles. The van der Waals surface area contributed by atoms with E-state index in [1.807, 2.05) is 0 Å². The maximum absolute atomic E-state index is 11.8. The highest BCUT2D eigenvalue weighted by molar-refractivity contribution is 5.94. The quantitative estimate of drug-likeness (QED) is 0.311. The normalized spacial score (nSPS) is 16.3. The van der Waals surface area contributed by atoms with Gasteiger partial charge in [-0.1, -0.05) is 13.2 Å². The third-order valence-electron chi connectivity index (χ3n) is 3.16. The monoisotopic (exact) mass is 316 g/mol. The summed E-state index contributed by atoms with van der Waals surface area (Å²) in [7, 11) is 0. The van der Waals surface area contributed by atoms with Gasteiger partial charge in [0.25, 0.3) is 0 Å². The molecule has 0 amide bonds. The number of hydrogen-bond donors (Lipinski definition) is 4. The first-order valence-electron chi connectivity index (χ1n) is 6.78. The summed E-state index contributed by atoms with van der Waals surface area (Å²) in [6.45, 7) is 8.29. The number of hydrogen-bond acceptors (Lipinski definition) is 7. The molecule has 0 aromatic heterocycles. The molecule has 0 aliphatic rings. The molecule has 0 saturated carbocycles. The minimum absolute atomic E-state index is 0.0543. The Balaban J connectivity index is 5.43. The van der Waals surface area contributed by atoms with Crippen LogP contribution in [0.3, 0.4) is 0 Å². The van der Waals surface area contributed by atoms with Gasteiger partial charge in [-0.25, -0.2) is 4.79 Å². The Bertz CT molecular complexity index is 390. The summed E-state index contributed by atoms with van der Waals surface area (Å²) in [4.78, 5) is 23.5. The number of carbonyl (C=O) groups is 2. The minimum atomic E-state index is -1.52. The molecule has 22 heavy (non-hydrogen) atoms. The largest absolute Gasteiger partial charge is 0.456 e. The van der Waals surface area contributed by atoms with Crippen LogP contribution in [0.15, 0.2) is 24.3 Å². The van der Waals surface area contributed by atoms with Crippen molar-refractivity contribution in [3.63, 3.8) is 0 Å². The van der Waals surface area contributed by atoms with Crippen molar-refractivity contribution in [3.8, 4) is 0 Å². The van der Waals surface area contributed by atoms with E-state index in [1.165, 1.54) is 13.8 Å². The van der Waals surface area contributed by atoms with Crippen LogP contribution < -0.4 is 0 Å². The van der Waals surface area contributed by atoms with Gasteiger partial charge in [-0.05, 0) is 19.4 Å². The van der Waals surface area contributed by atoms with E-state index in [1.54, 1.807) is 0 Å². The average Bonchev–Trinajstić information content (AvgIpc) is 2.48. The van der Waals surface area contributed by atoms with Gasteiger partial charge in [0.05, 0.1) is 19.3 Å². The zero-order valence-corrected chi connectivity index (χ0v) is 12.9. The lowest BCUT2D eigenvalue weighted by Gasteiger charge is -2.32. The molecule has 0 aromatic carbocycles. The summed E-state index contributed by atoms with van der Waals surface area (Å²) in [6.07, 6.45) is -4.62. The van der Waals surface area contributed by atoms with Crippen LogP contribution in [0.2, 0.25) is 0 Å². The molecule has 0 radical (unpaired) electrons. The number of carbonyl (C=O) groups excluding carboxylic acids is 2. The smallest absolute Gasteiger partial charge is 0.333 e. The second kappa shape index (κ2) is 9.47. The van der Waals surface area contributed by atoms with E-state index >= 15 is 0 Å². The Labute approximate surface area is 129 Å². The van der Waals surface area contributed by atoms with E-state index in [9.17, 15) is 19.8 Å². The second-order valence-electron chi connectivity index (χ2n) is 5.22. The fraction of sp³-hybridized carbons (Fsp3) is 0.600. The Morgan fingerprint density at radius 3 is 1.86 bits per heavy atom. The average molecular weight is 316 g/mol. The molecule has 0 aromatic rings. The molecule has 0 aliphatic carbocycles. The third kappa shape index (κ3) is 6.07. The number of esters is 1. The fourth-order valence-corrected chi connectivity index (χ4v) is 1.77. The number of rotatable bonds is 10. The number of aliphatic hydroxyl groups is 4. The summed E-state index contributed by atoms with van der Waals surface area (Å²) >= 11 is 0. The second-order valence-corrected chi connectivity index (χ2v) is 5.22. The fourth-order valence-electron chi connectivity index (χ4n) is 1.77. The van der Waals surface area contributed by atoms with Crippen molar-refractivity contribution in [2.24, 2.45) is 5.92 Å². The van der Waals surface area contributed by atoms with Gasteiger partial charge in [-0.3, -0.25) is 4.79 Å². The zero-order chi connectivity index (χ0) is 17.4. The maximum Gasteiger partial charge on any atom is 0.333 e. The van der Waals surface area contributed by atoms with Gasteiger partial charge in [-0.2, -0.15) is 0 Å². The van der Waals surface area contributed by atoms with Crippen molar-refractivity contribution in [2.75, 3.05) is 13.2 Å². The molecule has 7 nitrogen and oxygen atoms in total. The highest BCUT2D eigenvalue weighted by Crippen LogP contribution is 2.23. The highest BCUT2D eigenvalue weighted by Gasteiger charge is 2.37. The van der Waals surface area contributed by atoms with Crippen molar-refractivity contribution in [3.05, 3.63) is 24.3 Å². The van der Waals surface area contributed by atoms with Crippen molar-refractivity contribution in [2.45, 2.75) is 38.6 Å². The van der Waals surface area contributed by atoms with E-state index < -0.39 is 49.2 Å². The van der Waals surface area contributed by atoms with Gasteiger partial charge >= 0.3 is 5.97 Å². The van der Waals surface area contributed by atoms with Crippen LogP contribution >= 0.6 is 0 Å². The lowest BCUT2D eigenvalue weighted by molar-refractivity contribution is -0.164.